The number of nitrogens with one attached hydrogen (secondary N) is 1. The lowest BCUT2D eigenvalue weighted by molar-refractivity contribution is 0.923. The van der Waals surface area contributed by atoms with Gasteiger partial charge in [0, 0.05) is 5.69 Å². The fraction of sp³-hybridized carbons (Fsp3) is 0.200. The van der Waals surface area contributed by atoms with Gasteiger partial charge in [-0.05, 0) is 30.2 Å². The average molecular weight is 226 g/mol. The van der Waals surface area contributed by atoms with Crippen molar-refractivity contribution in [1.82, 2.24) is 0 Å². The Morgan fingerprint density at radius 1 is 0.941 bits per heavy atom. The summed E-state index contributed by atoms with van der Waals surface area (Å²) in [7, 11) is 0. The Balaban J connectivity index is 2.27. The Bertz CT molecular complexity index is 492. The van der Waals surface area contributed by atoms with Crippen molar-refractivity contribution in [2.24, 2.45) is 0 Å². The molecule has 0 heterocycles. The van der Waals surface area contributed by atoms with Gasteiger partial charge in [0.2, 0.25) is 0 Å². The van der Waals surface area contributed by atoms with E-state index >= 15 is 0 Å². The van der Waals surface area contributed by atoms with Crippen LogP contribution in [0.4, 0.5) is 17.1 Å². The number of aryl methyl sites for hydroxylation is 1. The fourth-order valence-corrected chi connectivity index (χ4v) is 1.89. The summed E-state index contributed by atoms with van der Waals surface area (Å²) >= 11 is 0. The Labute approximate surface area is 102 Å². The number of nitrogens with two attached hydrogens (primary N) is 1. The zero-order valence-electron chi connectivity index (χ0n) is 10.1. The molecule has 0 saturated carbocycles. The normalized spacial score (nSPS) is 10.2. The third-order valence-corrected chi connectivity index (χ3v) is 2.77. The second-order valence-corrected chi connectivity index (χ2v) is 4.12. The molecule has 2 nitrogen and oxygen atoms in total. The summed E-state index contributed by atoms with van der Waals surface area (Å²) in [6.07, 6.45) is 2.22. The first-order chi connectivity index (χ1) is 8.31. The van der Waals surface area contributed by atoms with Crippen molar-refractivity contribution in [3.63, 3.8) is 0 Å². The van der Waals surface area contributed by atoms with E-state index in [9.17, 15) is 0 Å². The van der Waals surface area contributed by atoms with Crippen LogP contribution < -0.4 is 11.1 Å². The van der Waals surface area contributed by atoms with Crippen LogP contribution in [0.1, 0.15) is 18.9 Å². The molecule has 2 heteroatoms. The minimum Gasteiger partial charge on any atom is -0.397 e. The lowest BCUT2D eigenvalue weighted by Crippen LogP contribution is -1.98. The zero-order chi connectivity index (χ0) is 12.1. The van der Waals surface area contributed by atoms with Gasteiger partial charge in [0.25, 0.3) is 0 Å². The molecule has 88 valence electrons. The molecule has 0 radical (unpaired) electrons. The SMILES string of the molecule is CCCc1ccccc1Nc1ccccc1N. The van der Waals surface area contributed by atoms with E-state index in [4.69, 9.17) is 5.73 Å². The van der Waals surface area contributed by atoms with Gasteiger partial charge in [0.1, 0.15) is 0 Å². The largest absolute Gasteiger partial charge is 0.397 e. The van der Waals surface area contributed by atoms with E-state index < -0.39 is 0 Å². The molecule has 0 spiro atoms. The Morgan fingerprint density at radius 2 is 1.59 bits per heavy atom. The molecular weight excluding hydrogens is 208 g/mol. The van der Waals surface area contributed by atoms with Gasteiger partial charge in [-0.15, -0.1) is 0 Å². The van der Waals surface area contributed by atoms with Crippen LogP contribution in [0.25, 0.3) is 0 Å². The van der Waals surface area contributed by atoms with Crippen molar-refractivity contribution in [3.8, 4) is 0 Å². The Kier molecular flexibility index (Phi) is 3.66. The van der Waals surface area contributed by atoms with E-state index in [1.165, 1.54) is 5.56 Å². The van der Waals surface area contributed by atoms with Crippen molar-refractivity contribution < 1.29 is 0 Å². The number of benzene rings is 2. The molecule has 0 saturated heterocycles. The van der Waals surface area contributed by atoms with Crippen LogP contribution >= 0.6 is 0 Å². The van der Waals surface area contributed by atoms with Gasteiger partial charge in [-0.1, -0.05) is 43.7 Å². The first-order valence-electron chi connectivity index (χ1n) is 6.00. The van der Waals surface area contributed by atoms with Crippen LogP contribution in [0.5, 0.6) is 0 Å². The monoisotopic (exact) mass is 226 g/mol. The van der Waals surface area contributed by atoms with E-state index in [0.29, 0.717) is 0 Å². The highest BCUT2D eigenvalue weighted by atomic mass is 14.9. The molecule has 17 heavy (non-hydrogen) atoms. The van der Waals surface area contributed by atoms with E-state index in [2.05, 4.69) is 30.4 Å². The molecule has 0 aliphatic heterocycles. The van der Waals surface area contributed by atoms with Gasteiger partial charge >= 0.3 is 0 Å². The molecule has 0 aliphatic rings. The maximum Gasteiger partial charge on any atom is 0.0617 e. The number of hydrogen-bond donors (Lipinski definition) is 2. The molecule has 2 aromatic rings. The molecule has 0 fully saturated rings. The molecular formula is C15H18N2. The lowest BCUT2D eigenvalue weighted by Gasteiger charge is -2.13. The molecule has 0 unspecified atom stereocenters. The summed E-state index contributed by atoms with van der Waals surface area (Å²) in [4.78, 5) is 0. The van der Waals surface area contributed by atoms with E-state index in [1.807, 2.05) is 30.3 Å². The summed E-state index contributed by atoms with van der Waals surface area (Å²) < 4.78 is 0. The van der Waals surface area contributed by atoms with E-state index in [1.54, 1.807) is 0 Å². The van der Waals surface area contributed by atoms with Crippen molar-refractivity contribution in [2.45, 2.75) is 19.8 Å². The summed E-state index contributed by atoms with van der Waals surface area (Å²) in [6.45, 7) is 2.19. The Hall–Kier alpha value is -1.96. The van der Waals surface area contributed by atoms with Crippen LogP contribution in [-0.4, -0.2) is 0 Å². The second kappa shape index (κ2) is 5.39. The molecule has 0 aromatic heterocycles. The van der Waals surface area contributed by atoms with Crippen LogP contribution in [0.2, 0.25) is 0 Å². The van der Waals surface area contributed by atoms with Crippen molar-refractivity contribution >= 4 is 17.1 Å². The third kappa shape index (κ3) is 2.78. The lowest BCUT2D eigenvalue weighted by atomic mass is 10.1. The van der Waals surface area contributed by atoms with Gasteiger partial charge in [-0.25, -0.2) is 0 Å². The van der Waals surface area contributed by atoms with Crippen LogP contribution in [0.3, 0.4) is 0 Å². The summed E-state index contributed by atoms with van der Waals surface area (Å²) in [5.41, 5.74) is 10.2. The number of nitrogen functional groups attached to an aromatic ring is 1. The zero-order valence-corrected chi connectivity index (χ0v) is 10.1. The molecule has 2 rings (SSSR count). The summed E-state index contributed by atoms with van der Waals surface area (Å²) in [5.74, 6) is 0. The molecule has 0 aliphatic carbocycles. The summed E-state index contributed by atoms with van der Waals surface area (Å²) in [6, 6.07) is 16.2. The van der Waals surface area contributed by atoms with Crippen LogP contribution in [0, 0.1) is 0 Å². The molecule has 0 amide bonds. The van der Waals surface area contributed by atoms with Crippen LogP contribution in [-0.2, 0) is 6.42 Å². The quantitative estimate of drug-likeness (QED) is 0.774. The van der Waals surface area contributed by atoms with Gasteiger partial charge in [0.05, 0.1) is 11.4 Å². The minimum absolute atomic E-state index is 0.777. The van der Waals surface area contributed by atoms with Crippen LogP contribution in [0.15, 0.2) is 48.5 Å². The molecule has 3 N–H and O–H groups in total. The average Bonchev–Trinajstić information content (AvgIpc) is 2.35. The molecule has 0 atom stereocenters. The predicted octanol–water partition coefficient (Wildman–Crippen LogP) is 3.96. The second-order valence-electron chi connectivity index (χ2n) is 4.12. The van der Waals surface area contributed by atoms with Crippen molar-refractivity contribution in [1.29, 1.82) is 0 Å². The van der Waals surface area contributed by atoms with Crippen molar-refractivity contribution in [2.75, 3.05) is 11.1 Å². The maximum atomic E-state index is 5.93. The highest BCUT2D eigenvalue weighted by Crippen LogP contribution is 2.25. The number of para-hydroxylation sites is 3. The van der Waals surface area contributed by atoms with Gasteiger partial charge in [-0.2, -0.15) is 0 Å². The highest BCUT2D eigenvalue weighted by molar-refractivity contribution is 5.73. The van der Waals surface area contributed by atoms with Gasteiger partial charge in [0.15, 0.2) is 0 Å². The minimum atomic E-state index is 0.777. The Morgan fingerprint density at radius 3 is 2.29 bits per heavy atom. The predicted molar refractivity (Wildman–Crippen MR) is 74.6 cm³/mol. The maximum absolute atomic E-state index is 5.93. The van der Waals surface area contributed by atoms with E-state index in [-0.39, 0.29) is 0 Å². The first kappa shape index (κ1) is 11.5. The summed E-state index contributed by atoms with van der Waals surface area (Å²) in [5, 5.41) is 3.40. The number of hydrogen-bond acceptors (Lipinski definition) is 2. The van der Waals surface area contributed by atoms with Gasteiger partial charge < -0.3 is 11.1 Å². The topological polar surface area (TPSA) is 38.0 Å². The molecule has 2 aromatic carbocycles. The number of rotatable bonds is 4. The highest BCUT2D eigenvalue weighted by Gasteiger charge is 2.02. The van der Waals surface area contributed by atoms with Gasteiger partial charge in [-0.3, -0.25) is 0 Å². The molecule has 0 bridgehead atoms. The standard InChI is InChI=1S/C15H18N2/c1-2-7-12-8-3-5-10-14(12)17-15-11-6-4-9-13(15)16/h3-6,8-11,17H,2,7,16H2,1H3. The van der Waals surface area contributed by atoms with E-state index in [0.717, 1.165) is 29.9 Å². The fourth-order valence-electron chi connectivity index (χ4n) is 1.89. The van der Waals surface area contributed by atoms with Crippen molar-refractivity contribution in [3.05, 3.63) is 54.1 Å². The first-order valence-corrected chi connectivity index (χ1v) is 6.00. The third-order valence-electron chi connectivity index (χ3n) is 2.77. The number of anilines is 3. The smallest absolute Gasteiger partial charge is 0.0617 e.